The van der Waals surface area contributed by atoms with Crippen LogP contribution in [0.2, 0.25) is 5.02 Å². The molecule has 0 spiro atoms. The summed E-state index contributed by atoms with van der Waals surface area (Å²) in [5, 5.41) is 4.15. The van der Waals surface area contributed by atoms with Gasteiger partial charge in [0.15, 0.2) is 0 Å². The van der Waals surface area contributed by atoms with Gasteiger partial charge in [-0.2, -0.15) is 0 Å². The second-order valence-electron chi connectivity index (χ2n) is 8.37. The minimum absolute atomic E-state index is 0.0696. The molecule has 1 aromatic heterocycles. The molecule has 2 heterocycles. The Morgan fingerprint density at radius 1 is 1.03 bits per heavy atom. The Hall–Kier alpha value is -3.09. The van der Waals surface area contributed by atoms with E-state index < -0.39 is 0 Å². The van der Waals surface area contributed by atoms with Gasteiger partial charge in [-0.3, -0.25) is 4.79 Å². The smallest absolute Gasteiger partial charge is 0.310 e. The molecule has 0 aliphatic carbocycles. The van der Waals surface area contributed by atoms with Gasteiger partial charge in [-0.15, -0.1) is 0 Å². The van der Waals surface area contributed by atoms with Gasteiger partial charge < -0.3 is 19.7 Å². The molecule has 4 rings (SSSR count). The summed E-state index contributed by atoms with van der Waals surface area (Å²) in [5.74, 6) is 2.28. The number of nitrogens with zero attached hydrogens (tertiary/aromatic N) is 2. The molecule has 1 N–H and O–H groups in total. The number of pyridine rings is 1. The number of halogens is 1. The van der Waals surface area contributed by atoms with E-state index >= 15 is 0 Å². The quantitative estimate of drug-likeness (QED) is 0.403. The lowest BCUT2D eigenvalue weighted by molar-refractivity contribution is -0.148. The number of rotatable bonds is 9. The van der Waals surface area contributed by atoms with E-state index in [9.17, 15) is 4.79 Å². The highest BCUT2D eigenvalue weighted by molar-refractivity contribution is 6.30. The van der Waals surface area contributed by atoms with E-state index in [4.69, 9.17) is 21.1 Å². The molecule has 7 heteroatoms. The molecule has 1 aliphatic heterocycles. The summed E-state index contributed by atoms with van der Waals surface area (Å²) in [6, 6.07) is 19.5. The van der Waals surface area contributed by atoms with Crippen LogP contribution in [0, 0.1) is 5.92 Å². The number of anilines is 1. The maximum absolute atomic E-state index is 12.1. The van der Waals surface area contributed by atoms with E-state index in [2.05, 4.69) is 33.4 Å². The van der Waals surface area contributed by atoms with Crippen LogP contribution in [0.1, 0.15) is 30.9 Å². The van der Waals surface area contributed by atoms with Crippen LogP contribution in [-0.4, -0.2) is 30.6 Å². The zero-order valence-electron chi connectivity index (χ0n) is 19.4. The van der Waals surface area contributed by atoms with Crippen LogP contribution in [0.3, 0.4) is 0 Å². The molecule has 0 saturated carbocycles. The van der Waals surface area contributed by atoms with Gasteiger partial charge >= 0.3 is 5.97 Å². The normalized spacial score (nSPS) is 15.7. The number of ether oxygens (including phenoxy) is 2. The fourth-order valence-electron chi connectivity index (χ4n) is 4.01. The number of aromatic nitrogens is 1. The number of carbonyl (C=O) groups excluding carboxylic acids is 1. The van der Waals surface area contributed by atoms with Crippen molar-refractivity contribution in [2.45, 2.75) is 32.9 Å². The van der Waals surface area contributed by atoms with Gasteiger partial charge in [-0.05, 0) is 73.4 Å². The highest BCUT2D eigenvalue weighted by atomic mass is 35.5. The predicted molar refractivity (Wildman–Crippen MR) is 134 cm³/mol. The number of esters is 1. The molecule has 178 valence electrons. The number of hydrogen-bond donors (Lipinski definition) is 1. The van der Waals surface area contributed by atoms with Crippen LogP contribution in [0.15, 0.2) is 66.9 Å². The zero-order chi connectivity index (χ0) is 23.8. The lowest BCUT2D eigenvalue weighted by Gasteiger charge is -2.32. The molecule has 6 nitrogen and oxygen atoms in total. The van der Waals surface area contributed by atoms with Gasteiger partial charge in [0.2, 0.25) is 0 Å². The van der Waals surface area contributed by atoms with Gasteiger partial charge in [-0.25, -0.2) is 4.98 Å². The Bertz CT molecular complexity index is 1060. The largest absolute Gasteiger partial charge is 0.466 e. The Morgan fingerprint density at radius 2 is 1.71 bits per heavy atom. The lowest BCUT2D eigenvalue weighted by Crippen LogP contribution is -2.39. The van der Waals surface area contributed by atoms with Gasteiger partial charge in [-0.1, -0.05) is 29.8 Å². The Balaban J connectivity index is 1.23. The Labute approximate surface area is 205 Å². The molecule has 3 aromatic rings. The second-order valence-corrected chi connectivity index (χ2v) is 8.80. The van der Waals surface area contributed by atoms with Crippen molar-refractivity contribution in [1.82, 2.24) is 10.3 Å². The predicted octanol–water partition coefficient (Wildman–Crippen LogP) is 5.60. The van der Waals surface area contributed by atoms with E-state index in [0.29, 0.717) is 18.2 Å². The first kappa shape index (κ1) is 24.0. The first-order valence-corrected chi connectivity index (χ1v) is 12.1. The van der Waals surface area contributed by atoms with E-state index in [0.717, 1.165) is 55.4 Å². The van der Waals surface area contributed by atoms with Crippen molar-refractivity contribution >= 4 is 23.4 Å². The van der Waals surface area contributed by atoms with E-state index in [-0.39, 0.29) is 11.9 Å². The van der Waals surface area contributed by atoms with Crippen molar-refractivity contribution in [3.8, 4) is 11.5 Å². The summed E-state index contributed by atoms with van der Waals surface area (Å²) in [5.41, 5.74) is 2.29. The molecular weight excluding hydrogens is 450 g/mol. The first-order chi connectivity index (χ1) is 16.6. The van der Waals surface area contributed by atoms with Crippen LogP contribution in [-0.2, 0) is 22.6 Å². The SMILES string of the molecule is CCOC(=O)C1CCCN(c2ccc(CNCc3ccc(Oc4ccc(Cl)cc4)cc3)cn2)C1. The zero-order valence-corrected chi connectivity index (χ0v) is 20.1. The molecule has 1 aliphatic rings. The summed E-state index contributed by atoms with van der Waals surface area (Å²) in [6.07, 6.45) is 3.75. The maximum Gasteiger partial charge on any atom is 0.310 e. The van der Waals surface area contributed by atoms with E-state index in [1.54, 1.807) is 0 Å². The molecule has 1 saturated heterocycles. The Kier molecular flexibility index (Phi) is 8.39. The van der Waals surface area contributed by atoms with Gasteiger partial charge in [0.1, 0.15) is 17.3 Å². The van der Waals surface area contributed by atoms with E-state index in [1.165, 1.54) is 5.56 Å². The summed E-state index contributed by atoms with van der Waals surface area (Å²) in [4.78, 5) is 18.9. The van der Waals surface area contributed by atoms with Crippen molar-refractivity contribution < 1.29 is 14.3 Å². The summed E-state index contributed by atoms with van der Waals surface area (Å²) in [7, 11) is 0. The van der Waals surface area contributed by atoms with Gasteiger partial charge in [0.25, 0.3) is 0 Å². The molecule has 0 radical (unpaired) electrons. The average molecular weight is 480 g/mol. The van der Waals surface area contributed by atoms with Crippen molar-refractivity contribution in [1.29, 1.82) is 0 Å². The second kappa shape index (κ2) is 11.9. The molecule has 2 aromatic carbocycles. The van der Waals surface area contributed by atoms with Gasteiger partial charge in [0, 0.05) is 37.4 Å². The van der Waals surface area contributed by atoms with Crippen molar-refractivity contribution in [2.24, 2.45) is 5.92 Å². The van der Waals surface area contributed by atoms with Crippen LogP contribution >= 0.6 is 11.6 Å². The van der Waals surface area contributed by atoms with Crippen molar-refractivity contribution in [2.75, 3.05) is 24.6 Å². The lowest BCUT2D eigenvalue weighted by atomic mass is 9.98. The maximum atomic E-state index is 12.1. The minimum atomic E-state index is -0.0994. The van der Waals surface area contributed by atoms with Crippen LogP contribution < -0.4 is 15.0 Å². The first-order valence-electron chi connectivity index (χ1n) is 11.7. The average Bonchev–Trinajstić information content (AvgIpc) is 2.87. The standard InChI is InChI=1S/C27H30ClN3O3/c1-2-33-27(32)22-4-3-15-31(19-22)26-14-7-21(18-30-26)17-29-16-20-5-10-24(11-6-20)34-25-12-8-23(28)9-13-25/h5-14,18,22,29H,2-4,15-17,19H2,1H3. The fourth-order valence-corrected chi connectivity index (χ4v) is 4.14. The summed E-state index contributed by atoms with van der Waals surface area (Å²) < 4.78 is 11.0. The fraction of sp³-hybridized carbons (Fsp3) is 0.333. The monoisotopic (exact) mass is 479 g/mol. The van der Waals surface area contributed by atoms with Crippen molar-refractivity contribution in [3.05, 3.63) is 83.0 Å². The van der Waals surface area contributed by atoms with Crippen LogP contribution in [0.5, 0.6) is 11.5 Å². The molecular formula is C27H30ClN3O3. The molecule has 1 unspecified atom stereocenters. The van der Waals surface area contributed by atoms with Crippen molar-refractivity contribution in [3.63, 3.8) is 0 Å². The molecule has 0 amide bonds. The molecule has 34 heavy (non-hydrogen) atoms. The minimum Gasteiger partial charge on any atom is -0.466 e. The number of nitrogens with one attached hydrogen (secondary N) is 1. The molecule has 0 bridgehead atoms. The third-order valence-electron chi connectivity index (χ3n) is 5.81. The third kappa shape index (κ3) is 6.72. The Morgan fingerprint density at radius 3 is 2.38 bits per heavy atom. The number of carbonyl (C=O) groups is 1. The molecule has 1 fully saturated rings. The highest BCUT2D eigenvalue weighted by Gasteiger charge is 2.27. The topological polar surface area (TPSA) is 63.7 Å². The number of benzene rings is 2. The number of piperidine rings is 1. The highest BCUT2D eigenvalue weighted by Crippen LogP contribution is 2.24. The summed E-state index contributed by atoms with van der Waals surface area (Å²) >= 11 is 5.91. The van der Waals surface area contributed by atoms with E-state index in [1.807, 2.05) is 55.6 Å². The van der Waals surface area contributed by atoms with Crippen LogP contribution in [0.4, 0.5) is 5.82 Å². The summed E-state index contributed by atoms with van der Waals surface area (Å²) in [6.45, 7) is 5.33. The van der Waals surface area contributed by atoms with Crippen LogP contribution in [0.25, 0.3) is 0 Å². The van der Waals surface area contributed by atoms with Gasteiger partial charge in [0.05, 0.1) is 12.5 Å². The number of hydrogen-bond acceptors (Lipinski definition) is 6. The molecule has 1 atom stereocenters. The third-order valence-corrected chi connectivity index (χ3v) is 6.06.